The van der Waals surface area contributed by atoms with Crippen LogP contribution in [0.15, 0.2) is 24.3 Å². The Morgan fingerprint density at radius 1 is 1.56 bits per heavy atom. The van der Waals surface area contributed by atoms with Crippen molar-refractivity contribution in [2.75, 3.05) is 11.9 Å². The lowest BCUT2D eigenvalue weighted by Crippen LogP contribution is -2.28. The summed E-state index contributed by atoms with van der Waals surface area (Å²) in [5.74, 6) is -1.69. The van der Waals surface area contributed by atoms with Crippen LogP contribution >= 0.6 is 12.2 Å². The van der Waals surface area contributed by atoms with Gasteiger partial charge in [0.1, 0.15) is 4.99 Å². The number of nitriles is 1. The second kappa shape index (κ2) is 6.72. The lowest BCUT2D eigenvalue weighted by atomic mass is 10.1. The molecule has 1 N–H and O–H groups in total. The summed E-state index contributed by atoms with van der Waals surface area (Å²) in [5.41, 5.74) is 1.77. The Balaban J connectivity index is 2.79. The van der Waals surface area contributed by atoms with Crippen molar-refractivity contribution in [1.29, 1.82) is 5.26 Å². The number of aryl methyl sites for hydroxylation is 1. The van der Waals surface area contributed by atoms with Gasteiger partial charge in [-0.2, -0.15) is 5.26 Å². The van der Waals surface area contributed by atoms with E-state index in [0.29, 0.717) is 0 Å². The van der Waals surface area contributed by atoms with Crippen LogP contribution in [-0.2, 0) is 9.53 Å². The second-order valence-electron chi connectivity index (χ2n) is 3.62. The van der Waals surface area contributed by atoms with E-state index >= 15 is 0 Å². The van der Waals surface area contributed by atoms with Gasteiger partial charge in [-0.15, -0.1) is 0 Å². The number of esters is 1. The van der Waals surface area contributed by atoms with Crippen molar-refractivity contribution in [3.63, 3.8) is 0 Å². The van der Waals surface area contributed by atoms with E-state index in [2.05, 4.69) is 5.32 Å². The van der Waals surface area contributed by atoms with Crippen LogP contribution in [0.2, 0.25) is 0 Å². The minimum absolute atomic E-state index is 0.158. The molecule has 0 heterocycles. The van der Waals surface area contributed by atoms with Gasteiger partial charge in [0, 0.05) is 5.69 Å². The molecule has 18 heavy (non-hydrogen) atoms. The third-order valence-corrected chi connectivity index (χ3v) is 2.65. The maximum atomic E-state index is 11.5. The van der Waals surface area contributed by atoms with Crippen molar-refractivity contribution >= 4 is 28.9 Å². The van der Waals surface area contributed by atoms with Gasteiger partial charge >= 0.3 is 5.97 Å². The van der Waals surface area contributed by atoms with Crippen LogP contribution in [0, 0.1) is 24.2 Å². The summed E-state index contributed by atoms with van der Waals surface area (Å²) in [6, 6.07) is 9.35. The molecule has 0 radical (unpaired) electrons. The SMILES string of the molecule is CCOC(=O)C(C#N)C(=S)Nc1ccccc1C. The van der Waals surface area contributed by atoms with Crippen molar-refractivity contribution < 1.29 is 9.53 Å². The summed E-state index contributed by atoms with van der Waals surface area (Å²) in [5, 5.41) is 11.9. The van der Waals surface area contributed by atoms with Crippen LogP contribution in [0.4, 0.5) is 5.69 Å². The molecule has 0 saturated carbocycles. The number of para-hydroxylation sites is 1. The average Bonchev–Trinajstić information content (AvgIpc) is 2.33. The van der Waals surface area contributed by atoms with E-state index in [1.54, 1.807) is 6.92 Å². The molecule has 0 fully saturated rings. The van der Waals surface area contributed by atoms with Gasteiger partial charge in [-0.3, -0.25) is 4.79 Å². The Kier molecular flexibility index (Phi) is 5.28. The van der Waals surface area contributed by atoms with Crippen molar-refractivity contribution in [1.82, 2.24) is 0 Å². The van der Waals surface area contributed by atoms with Crippen LogP contribution in [-0.4, -0.2) is 17.6 Å². The Morgan fingerprint density at radius 3 is 2.78 bits per heavy atom. The largest absolute Gasteiger partial charge is 0.465 e. The molecule has 0 saturated heterocycles. The highest BCUT2D eigenvalue weighted by Crippen LogP contribution is 2.15. The maximum Gasteiger partial charge on any atom is 0.330 e. The normalized spacial score (nSPS) is 11.2. The number of rotatable bonds is 4. The van der Waals surface area contributed by atoms with Gasteiger partial charge < -0.3 is 10.1 Å². The number of benzene rings is 1. The molecule has 0 bridgehead atoms. The van der Waals surface area contributed by atoms with E-state index in [-0.39, 0.29) is 11.6 Å². The van der Waals surface area contributed by atoms with Crippen molar-refractivity contribution in [3.8, 4) is 6.07 Å². The highest BCUT2D eigenvalue weighted by Gasteiger charge is 2.24. The molecule has 0 aliphatic rings. The van der Waals surface area contributed by atoms with Gasteiger partial charge in [0.15, 0.2) is 5.92 Å². The number of hydrogen-bond donors (Lipinski definition) is 1. The monoisotopic (exact) mass is 262 g/mol. The fourth-order valence-electron chi connectivity index (χ4n) is 1.36. The number of carbonyl (C=O) groups excluding carboxylic acids is 1. The third-order valence-electron chi connectivity index (χ3n) is 2.32. The summed E-state index contributed by atoms with van der Waals surface area (Å²) in [6.45, 7) is 3.82. The number of hydrogen-bond acceptors (Lipinski definition) is 4. The van der Waals surface area contributed by atoms with Crippen molar-refractivity contribution in [2.24, 2.45) is 5.92 Å². The zero-order chi connectivity index (χ0) is 13.5. The fraction of sp³-hybridized carbons (Fsp3) is 0.308. The molecule has 0 aliphatic carbocycles. The lowest BCUT2D eigenvalue weighted by molar-refractivity contribution is -0.143. The van der Waals surface area contributed by atoms with E-state index in [1.165, 1.54) is 0 Å². The van der Waals surface area contributed by atoms with E-state index in [4.69, 9.17) is 22.2 Å². The molecule has 0 spiro atoms. The Morgan fingerprint density at radius 2 is 2.22 bits per heavy atom. The zero-order valence-corrected chi connectivity index (χ0v) is 11.1. The molecule has 94 valence electrons. The second-order valence-corrected chi connectivity index (χ2v) is 4.06. The molecule has 1 aromatic rings. The summed E-state index contributed by atoms with van der Waals surface area (Å²) < 4.78 is 4.80. The Hall–Kier alpha value is -1.93. The fourth-order valence-corrected chi connectivity index (χ4v) is 1.62. The van der Waals surface area contributed by atoms with Crippen LogP contribution < -0.4 is 5.32 Å². The first-order valence-corrected chi connectivity index (χ1v) is 5.93. The van der Waals surface area contributed by atoms with Crippen LogP contribution in [0.25, 0.3) is 0 Å². The number of nitrogens with one attached hydrogen (secondary N) is 1. The van der Waals surface area contributed by atoms with E-state index < -0.39 is 11.9 Å². The zero-order valence-electron chi connectivity index (χ0n) is 10.3. The number of ether oxygens (including phenoxy) is 1. The Bertz CT molecular complexity index is 494. The van der Waals surface area contributed by atoms with Gasteiger partial charge in [-0.05, 0) is 25.5 Å². The summed E-state index contributed by atoms with van der Waals surface area (Å²) in [6.07, 6.45) is 0. The van der Waals surface area contributed by atoms with Gasteiger partial charge in [0.2, 0.25) is 0 Å². The Labute approximate surface area is 112 Å². The maximum absolute atomic E-state index is 11.5. The topological polar surface area (TPSA) is 62.1 Å². The summed E-state index contributed by atoms with van der Waals surface area (Å²) in [4.78, 5) is 11.7. The van der Waals surface area contributed by atoms with Crippen molar-refractivity contribution in [2.45, 2.75) is 13.8 Å². The molecule has 1 rings (SSSR count). The highest BCUT2D eigenvalue weighted by molar-refractivity contribution is 7.80. The smallest absolute Gasteiger partial charge is 0.330 e. The van der Waals surface area contributed by atoms with Crippen LogP contribution in [0.5, 0.6) is 0 Å². The third kappa shape index (κ3) is 3.54. The van der Waals surface area contributed by atoms with Crippen LogP contribution in [0.3, 0.4) is 0 Å². The molecular weight excluding hydrogens is 248 g/mol. The van der Waals surface area contributed by atoms with E-state index in [0.717, 1.165) is 11.3 Å². The molecule has 0 aliphatic heterocycles. The molecule has 0 aromatic heterocycles. The minimum atomic E-state index is -1.07. The molecule has 1 aromatic carbocycles. The van der Waals surface area contributed by atoms with Gasteiger partial charge in [0.05, 0.1) is 12.7 Å². The average molecular weight is 262 g/mol. The standard InChI is InChI=1S/C13H14N2O2S/c1-3-17-13(16)10(8-14)12(18)15-11-7-5-4-6-9(11)2/h4-7,10H,3H2,1-2H3,(H,15,18). The highest BCUT2D eigenvalue weighted by atomic mass is 32.1. The summed E-state index contributed by atoms with van der Waals surface area (Å²) in [7, 11) is 0. The first-order valence-electron chi connectivity index (χ1n) is 5.53. The predicted molar refractivity (Wildman–Crippen MR) is 73.1 cm³/mol. The van der Waals surface area contributed by atoms with Crippen LogP contribution in [0.1, 0.15) is 12.5 Å². The van der Waals surface area contributed by atoms with E-state index in [1.807, 2.05) is 37.3 Å². The number of thiocarbonyl (C=S) groups is 1. The van der Waals surface area contributed by atoms with Crippen molar-refractivity contribution in [3.05, 3.63) is 29.8 Å². The molecule has 5 heteroatoms. The number of anilines is 1. The van der Waals surface area contributed by atoms with E-state index in [9.17, 15) is 4.79 Å². The summed E-state index contributed by atoms with van der Waals surface area (Å²) >= 11 is 5.07. The number of carbonyl (C=O) groups is 1. The molecular formula is C13H14N2O2S. The minimum Gasteiger partial charge on any atom is -0.465 e. The van der Waals surface area contributed by atoms with Gasteiger partial charge in [-0.1, -0.05) is 30.4 Å². The molecule has 0 amide bonds. The first kappa shape index (κ1) is 14.1. The first-order chi connectivity index (χ1) is 8.60. The predicted octanol–water partition coefficient (Wildman–Crippen LogP) is 2.44. The number of nitrogens with zero attached hydrogens (tertiary/aromatic N) is 1. The quantitative estimate of drug-likeness (QED) is 0.667. The molecule has 1 atom stereocenters. The van der Waals surface area contributed by atoms with Gasteiger partial charge in [0.25, 0.3) is 0 Å². The lowest BCUT2D eigenvalue weighted by Gasteiger charge is -2.13. The molecule has 1 unspecified atom stereocenters. The molecule has 4 nitrogen and oxygen atoms in total. The van der Waals surface area contributed by atoms with Gasteiger partial charge in [-0.25, -0.2) is 0 Å².